The number of allylic oxidation sites excluding steroid dienone is 1. The number of carbonyl (C=O) groups excluding carboxylic acids is 2. The zero-order valence-electron chi connectivity index (χ0n) is 26.3. The molecule has 2 atom stereocenters. The first kappa shape index (κ1) is 32.4. The molecule has 1 fully saturated rings. The maximum absolute atomic E-state index is 13.6. The molecule has 0 spiro atoms. The van der Waals surface area contributed by atoms with Crippen LogP contribution in [0.1, 0.15) is 87.8 Å². The second kappa shape index (κ2) is 11.9. The number of ether oxygens (including phenoxy) is 3. The topological polar surface area (TPSA) is 65.1 Å². The highest BCUT2D eigenvalue weighted by Gasteiger charge is 2.42. The van der Waals surface area contributed by atoms with Gasteiger partial charge in [-0.3, -0.25) is 9.69 Å². The monoisotopic (exact) mass is 601 g/mol. The van der Waals surface area contributed by atoms with Gasteiger partial charge in [0.25, 0.3) is 0 Å². The van der Waals surface area contributed by atoms with Crippen LogP contribution in [0.3, 0.4) is 0 Å². The van der Waals surface area contributed by atoms with Crippen molar-refractivity contribution in [1.29, 1.82) is 0 Å². The molecule has 0 bridgehead atoms. The highest BCUT2D eigenvalue weighted by Crippen LogP contribution is 2.46. The van der Waals surface area contributed by atoms with Gasteiger partial charge in [-0.05, 0) is 105 Å². The number of alkyl halides is 3. The van der Waals surface area contributed by atoms with Crippen molar-refractivity contribution < 1.29 is 37.0 Å². The van der Waals surface area contributed by atoms with Crippen molar-refractivity contribution in [2.75, 3.05) is 20.8 Å². The lowest BCUT2D eigenvalue weighted by atomic mass is 9.72. The molecule has 2 aromatic carbocycles. The molecule has 0 aromatic heterocycles. The van der Waals surface area contributed by atoms with Crippen molar-refractivity contribution in [2.24, 2.45) is 10.8 Å². The molecule has 6 nitrogen and oxygen atoms in total. The second-order valence-corrected chi connectivity index (χ2v) is 13.3. The van der Waals surface area contributed by atoms with Crippen LogP contribution in [0.2, 0.25) is 0 Å². The van der Waals surface area contributed by atoms with E-state index in [4.69, 9.17) is 14.2 Å². The van der Waals surface area contributed by atoms with Crippen LogP contribution in [0.4, 0.5) is 18.0 Å². The third-order valence-electron chi connectivity index (χ3n) is 8.65. The van der Waals surface area contributed by atoms with Crippen molar-refractivity contribution in [2.45, 2.75) is 85.5 Å². The van der Waals surface area contributed by atoms with Gasteiger partial charge in [0.2, 0.25) is 0 Å². The third kappa shape index (κ3) is 7.02. The van der Waals surface area contributed by atoms with Crippen LogP contribution in [0.5, 0.6) is 5.75 Å². The molecular formula is C34H42F3NO5. The first-order chi connectivity index (χ1) is 20.0. The molecule has 1 saturated heterocycles. The quantitative estimate of drug-likeness (QED) is 0.285. The van der Waals surface area contributed by atoms with Crippen LogP contribution >= 0.6 is 0 Å². The molecule has 1 aliphatic heterocycles. The molecule has 234 valence electrons. The minimum absolute atomic E-state index is 0.0129. The van der Waals surface area contributed by atoms with Crippen molar-refractivity contribution in [3.63, 3.8) is 0 Å². The van der Waals surface area contributed by atoms with Crippen LogP contribution < -0.4 is 4.74 Å². The number of nitrogens with zero attached hydrogens (tertiary/aromatic N) is 1. The summed E-state index contributed by atoms with van der Waals surface area (Å²) in [6, 6.07) is 9.24. The van der Waals surface area contributed by atoms with Gasteiger partial charge in [-0.15, -0.1) is 0 Å². The molecule has 0 N–H and O–H groups in total. The average Bonchev–Trinajstić information content (AvgIpc) is 3.19. The van der Waals surface area contributed by atoms with E-state index in [-0.39, 0.29) is 17.9 Å². The van der Waals surface area contributed by atoms with Crippen LogP contribution in [0.15, 0.2) is 42.0 Å². The first-order valence-corrected chi connectivity index (χ1v) is 14.6. The Balaban J connectivity index is 1.71. The highest BCUT2D eigenvalue weighted by atomic mass is 19.4. The standard InChI is InChI=1S/C34H42F3NO5/c1-20-13-23(16-25(14-20)34(35,36)37)29-21(2)38(31(40)43-29)19-24-18-32(3,4)12-11-26(24)27-15-22(9-10-28(27)41-7)17-33(5,6)30(39)42-8/h9-10,13-16,21,29H,11-12,17-19H2,1-8H3/t21-,29-/m0/s1. The number of aryl methyl sites for hydroxylation is 1. The number of methoxy groups -OCH3 is 2. The molecule has 0 radical (unpaired) electrons. The summed E-state index contributed by atoms with van der Waals surface area (Å²) in [7, 11) is 3.00. The first-order valence-electron chi connectivity index (χ1n) is 14.6. The van der Waals surface area contributed by atoms with E-state index in [1.54, 1.807) is 25.0 Å². The lowest BCUT2D eigenvalue weighted by Gasteiger charge is -2.36. The minimum Gasteiger partial charge on any atom is -0.496 e. The van der Waals surface area contributed by atoms with Gasteiger partial charge in [0.1, 0.15) is 11.9 Å². The molecule has 0 saturated carbocycles. The Bertz CT molecular complexity index is 1430. The zero-order valence-corrected chi connectivity index (χ0v) is 26.3. The van der Waals surface area contributed by atoms with E-state index in [0.29, 0.717) is 23.3 Å². The summed E-state index contributed by atoms with van der Waals surface area (Å²) in [6.45, 7) is 11.8. The number of carbonyl (C=O) groups is 2. The van der Waals surface area contributed by atoms with Gasteiger partial charge in [-0.25, -0.2) is 4.79 Å². The van der Waals surface area contributed by atoms with E-state index in [0.717, 1.165) is 53.7 Å². The SMILES string of the molecule is COC(=O)C(C)(C)Cc1ccc(OC)c(C2=C(CN3C(=O)O[C@H](c4cc(C)cc(C(F)(F)F)c4)[C@@H]3C)CC(C)(C)CC2)c1. The number of amides is 1. The fourth-order valence-electron chi connectivity index (χ4n) is 6.35. The molecule has 1 aliphatic carbocycles. The fraction of sp³-hybridized carbons (Fsp3) is 0.529. The Kier molecular flexibility index (Phi) is 8.96. The molecule has 1 amide bonds. The van der Waals surface area contributed by atoms with Crippen molar-refractivity contribution in [1.82, 2.24) is 4.90 Å². The number of hydrogen-bond donors (Lipinski definition) is 0. The maximum Gasteiger partial charge on any atom is 0.416 e. The number of cyclic esters (lactones) is 1. The lowest BCUT2D eigenvalue weighted by molar-refractivity contribution is -0.150. The molecule has 2 aliphatic rings. The largest absolute Gasteiger partial charge is 0.496 e. The molecule has 0 unspecified atom stereocenters. The Morgan fingerprint density at radius 2 is 1.81 bits per heavy atom. The Morgan fingerprint density at radius 3 is 2.44 bits per heavy atom. The molecule has 43 heavy (non-hydrogen) atoms. The number of halogens is 3. The van der Waals surface area contributed by atoms with Gasteiger partial charge in [0, 0.05) is 12.1 Å². The van der Waals surface area contributed by atoms with Crippen LogP contribution in [-0.2, 0) is 26.9 Å². The predicted molar refractivity (Wildman–Crippen MR) is 159 cm³/mol. The third-order valence-corrected chi connectivity index (χ3v) is 8.65. The van der Waals surface area contributed by atoms with E-state index in [1.807, 2.05) is 32.9 Å². The number of benzene rings is 2. The summed E-state index contributed by atoms with van der Waals surface area (Å²) in [6.07, 6.45) is -2.99. The average molecular weight is 602 g/mol. The maximum atomic E-state index is 13.6. The smallest absolute Gasteiger partial charge is 0.416 e. The number of rotatable bonds is 8. The summed E-state index contributed by atoms with van der Waals surface area (Å²) in [5.74, 6) is 0.400. The molecule has 9 heteroatoms. The van der Waals surface area contributed by atoms with Gasteiger partial charge in [0.05, 0.1) is 31.2 Å². The van der Waals surface area contributed by atoms with Crippen molar-refractivity contribution in [3.05, 3.63) is 69.8 Å². The Morgan fingerprint density at radius 1 is 1.12 bits per heavy atom. The van der Waals surface area contributed by atoms with E-state index in [1.165, 1.54) is 7.11 Å². The molecule has 1 heterocycles. The summed E-state index contributed by atoms with van der Waals surface area (Å²) in [5, 5.41) is 0. The van der Waals surface area contributed by atoms with Crippen molar-refractivity contribution >= 4 is 17.6 Å². The predicted octanol–water partition coefficient (Wildman–Crippen LogP) is 8.31. The molecule has 4 rings (SSSR count). The summed E-state index contributed by atoms with van der Waals surface area (Å²) in [4.78, 5) is 27.2. The fourth-order valence-corrected chi connectivity index (χ4v) is 6.35. The minimum atomic E-state index is -4.50. The van der Waals surface area contributed by atoms with E-state index >= 15 is 0 Å². The van der Waals surface area contributed by atoms with Crippen LogP contribution in [0.25, 0.3) is 5.57 Å². The summed E-state index contributed by atoms with van der Waals surface area (Å²) in [5.41, 5.74) is 3.29. The number of hydrogen-bond acceptors (Lipinski definition) is 5. The zero-order chi connectivity index (χ0) is 31.9. The van der Waals surface area contributed by atoms with Gasteiger partial charge in [-0.1, -0.05) is 31.5 Å². The van der Waals surface area contributed by atoms with Crippen LogP contribution in [0, 0.1) is 17.8 Å². The second-order valence-electron chi connectivity index (χ2n) is 13.3. The lowest BCUT2D eigenvalue weighted by Crippen LogP contribution is -2.35. The van der Waals surface area contributed by atoms with Gasteiger partial charge >= 0.3 is 18.2 Å². The molecular weight excluding hydrogens is 559 g/mol. The highest BCUT2D eigenvalue weighted by molar-refractivity contribution is 5.78. The van der Waals surface area contributed by atoms with Crippen LogP contribution in [-0.4, -0.2) is 43.8 Å². The van der Waals surface area contributed by atoms with E-state index in [2.05, 4.69) is 19.9 Å². The summed E-state index contributed by atoms with van der Waals surface area (Å²) >= 11 is 0. The molecule has 2 aromatic rings. The van der Waals surface area contributed by atoms with Gasteiger partial charge in [-0.2, -0.15) is 13.2 Å². The van der Waals surface area contributed by atoms with E-state index < -0.39 is 35.4 Å². The van der Waals surface area contributed by atoms with Gasteiger partial charge < -0.3 is 14.2 Å². The Hall–Kier alpha value is -3.49. The normalized spacial score (nSPS) is 20.7. The van der Waals surface area contributed by atoms with Gasteiger partial charge in [0.15, 0.2) is 0 Å². The number of esters is 1. The van der Waals surface area contributed by atoms with Crippen molar-refractivity contribution in [3.8, 4) is 5.75 Å². The van der Waals surface area contributed by atoms with E-state index in [9.17, 15) is 22.8 Å². The summed E-state index contributed by atoms with van der Waals surface area (Å²) < 4.78 is 57.1. The Labute approximate surface area is 252 Å².